The van der Waals surface area contributed by atoms with Gasteiger partial charge < -0.3 is 10.1 Å². The summed E-state index contributed by atoms with van der Waals surface area (Å²) in [4.78, 5) is 14.9. The zero-order chi connectivity index (χ0) is 18.2. The number of carbonyl (C=O) groups is 1. The van der Waals surface area contributed by atoms with Gasteiger partial charge in [-0.3, -0.25) is 4.79 Å². The molecule has 0 unspecified atom stereocenters. The summed E-state index contributed by atoms with van der Waals surface area (Å²) in [5.41, 5.74) is 6.28. The van der Waals surface area contributed by atoms with E-state index < -0.39 is 5.97 Å². The molecule has 1 heterocycles. The summed E-state index contributed by atoms with van der Waals surface area (Å²) in [6.45, 7) is 8.63. The number of carboxylic acid groups (broad SMARTS) is 1. The first-order valence-electron chi connectivity index (χ1n) is 8.75. The minimum atomic E-state index is -0.812. The van der Waals surface area contributed by atoms with E-state index in [0.717, 1.165) is 34.1 Å². The number of hydrogen-bond donors (Lipinski definition) is 2. The lowest BCUT2D eigenvalue weighted by molar-refractivity contribution is -0.136. The van der Waals surface area contributed by atoms with E-state index in [1.807, 2.05) is 0 Å². The van der Waals surface area contributed by atoms with Gasteiger partial charge in [0.2, 0.25) is 0 Å². The highest BCUT2D eigenvalue weighted by Gasteiger charge is 2.19. The number of aryl methyl sites for hydroxylation is 1. The predicted molar refractivity (Wildman–Crippen MR) is 103 cm³/mol. The lowest BCUT2D eigenvalue weighted by atomic mass is 9.86. The molecule has 0 radical (unpaired) electrons. The molecule has 130 valence electrons. The van der Waals surface area contributed by atoms with E-state index in [0.29, 0.717) is 0 Å². The summed E-state index contributed by atoms with van der Waals surface area (Å²) >= 11 is 0. The second kappa shape index (κ2) is 6.40. The fourth-order valence-corrected chi connectivity index (χ4v) is 3.20. The van der Waals surface area contributed by atoms with Crippen LogP contribution in [0.25, 0.3) is 22.2 Å². The van der Waals surface area contributed by atoms with Crippen molar-refractivity contribution in [1.29, 1.82) is 0 Å². The molecule has 0 saturated heterocycles. The molecular weight excluding hydrogens is 310 g/mol. The Kier molecular flexibility index (Phi) is 4.42. The van der Waals surface area contributed by atoms with Crippen LogP contribution in [-0.4, -0.2) is 16.1 Å². The summed E-state index contributed by atoms with van der Waals surface area (Å²) in [7, 11) is 0. The first-order chi connectivity index (χ1) is 11.8. The molecule has 3 rings (SSSR count). The number of carboxylic acids is 1. The molecule has 0 amide bonds. The Hall–Kier alpha value is -2.55. The minimum Gasteiger partial charge on any atom is -0.481 e. The quantitative estimate of drug-likeness (QED) is 0.678. The van der Waals surface area contributed by atoms with Gasteiger partial charge in [0.05, 0.1) is 12.1 Å². The minimum absolute atomic E-state index is 0.0124. The van der Waals surface area contributed by atoms with Gasteiger partial charge >= 0.3 is 5.97 Å². The van der Waals surface area contributed by atoms with Crippen molar-refractivity contribution < 1.29 is 9.90 Å². The van der Waals surface area contributed by atoms with Gasteiger partial charge in [0.1, 0.15) is 0 Å². The molecule has 3 nitrogen and oxygen atoms in total. The molecule has 0 saturated carbocycles. The van der Waals surface area contributed by atoms with E-state index in [-0.39, 0.29) is 11.8 Å². The monoisotopic (exact) mass is 335 g/mol. The van der Waals surface area contributed by atoms with Gasteiger partial charge in [-0.1, -0.05) is 58.0 Å². The SMILES string of the molecule is CCc1ccc(-c2[nH]c3ccc(C(C)(C)C)cc3c2CC(=O)O)cc1. The average molecular weight is 335 g/mol. The summed E-state index contributed by atoms with van der Waals surface area (Å²) in [6.07, 6.45) is 1.00. The third-order valence-electron chi connectivity index (χ3n) is 4.75. The summed E-state index contributed by atoms with van der Waals surface area (Å²) in [5, 5.41) is 10.4. The molecule has 0 aliphatic rings. The van der Waals surface area contributed by atoms with Gasteiger partial charge in [-0.05, 0) is 46.2 Å². The van der Waals surface area contributed by atoms with Crippen molar-refractivity contribution in [1.82, 2.24) is 4.98 Å². The number of aliphatic carboxylic acids is 1. The van der Waals surface area contributed by atoms with Crippen LogP contribution >= 0.6 is 0 Å². The lowest BCUT2D eigenvalue weighted by Gasteiger charge is -2.19. The molecule has 1 aromatic heterocycles. The fourth-order valence-electron chi connectivity index (χ4n) is 3.20. The van der Waals surface area contributed by atoms with Crippen molar-refractivity contribution >= 4 is 16.9 Å². The van der Waals surface area contributed by atoms with E-state index in [4.69, 9.17) is 0 Å². The number of rotatable bonds is 4. The Bertz CT molecular complexity index is 912. The number of fused-ring (bicyclic) bond motifs is 1. The second-order valence-corrected chi connectivity index (χ2v) is 7.61. The van der Waals surface area contributed by atoms with E-state index >= 15 is 0 Å². The maximum Gasteiger partial charge on any atom is 0.307 e. The predicted octanol–water partition coefficient (Wildman–Crippen LogP) is 5.32. The second-order valence-electron chi connectivity index (χ2n) is 7.61. The Morgan fingerprint density at radius 2 is 1.76 bits per heavy atom. The molecule has 2 aromatic carbocycles. The highest BCUT2D eigenvalue weighted by Crippen LogP contribution is 2.34. The molecule has 3 heteroatoms. The molecule has 0 atom stereocenters. The molecule has 2 N–H and O–H groups in total. The van der Waals surface area contributed by atoms with Crippen LogP contribution in [-0.2, 0) is 23.1 Å². The molecule has 0 fully saturated rings. The van der Waals surface area contributed by atoms with Gasteiger partial charge in [-0.25, -0.2) is 0 Å². The Morgan fingerprint density at radius 1 is 1.08 bits per heavy atom. The highest BCUT2D eigenvalue weighted by molar-refractivity contribution is 5.94. The standard InChI is InChI=1S/C22H25NO2/c1-5-14-6-8-15(9-7-14)21-18(13-20(24)25)17-12-16(22(2,3)4)10-11-19(17)23-21/h6-12,23H,5,13H2,1-4H3,(H,24,25). The molecule has 25 heavy (non-hydrogen) atoms. The summed E-state index contributed by atoms with van der Waals surface area (Å²) in [6, 6.07) is 14.7. The third kappa shape index (κ3) is 3.46. The number of hydrogen-bond acceptors (Lipinski definition) is 1. The topological polar surface area (TPSA) is 53.1 Å². The van der Waals surface area contributed by atoms with Crippen LogP contribution in [0.2, 0.25) is 0 Å². The first-order valence-corrected chi connectivity index (χ1v) is 8.75. The zero-order valence-electron chi connectivity index (χ0n) is 15.3. The largest absolute Gasteiger partial charge is 0.481 e. The maximum absolute atomic E-state index is 11.5. The summed E-state index contributed by atoms with van der Waals surface area (Å²) in [5.74, 6) is -0.812. The van der Waals surface area contributed by atoms with Gasteiger partial charge in [-0.15, -0.1) is 0 Å². The van der Waals surface area contributed by atoms with Crippen molar-refractivity contribution in [2.24, 2.45) is 0 Å². The normalized spacial score (nSPS) is 11.8. The van der Waals surface area contributed by atoms with Gasteiger partial charge in [0.15, 0.2) is 0 Å². The number of H-pyrrole nitrogens is 1. The van der Waals surface area contributed by atoms with Crippen molar-refractivity contribution in [3.8, 4) is 11.3 Å². The van der Waals surface area contributed by atoms with Gasteiger partial charge in [-0.2, -0.15) is 0 Å². The van der Waals surface area contributed by atoms with Crippen molar-refractivity contribution in [2.45, 2.75) is 46.0 Å². The van der Waals surface area contributed by atoms with Crippen LogP contribution < -0.4 is 0 Å². The van der Waals surface area contributed by atoms with Gasteiger partial charge in [0.25, 0.3) is 0 Å². The van der Waals surface area contributed by atoms with Crippen LogP contribution in [0.1, 0.15) is 44.4 Å². The molecule has 0 bridgehead atoms. The van der Waals surface area contributed by atoms with Crippen LogP contribution in [0.15, 0.2) is 42.5 Å². The third-order valence-corrected chi connectivity index (χ3v) is 4.75. The summed E-state index contributed by atoms with van der Waals surface area (Å²) < 4.78 is 0. The van der Waals surface area contributed by atoms with Crippen molar-refractivity contribution in [3.05, 3.63) is 59.2 Å². The smallest absolute Gasteiger partial charge is 0.307 e. The molecule has 3 aromatic rings. The maximum atomic E-state index is 11.5. The Balaban J connectivity index is 2.21. The fraction of sp³-hybridized carbons (Fsp3) is 0.318. The Morgan fingerprint density at radius 3 is 2.32 bits per heavy atom. The van der Waals surface area contributed by atoms with E-state index in [2.05, 4.69) is 75.1 Å². The van der Waals surface area contributed by atoms with E-state index in [1.165, 1.54) is 11.1 Å². The highest BCUT2D eigenvalue weighted by atomic mass is 16.4. The number of nitrogens with one attached hydrogen (secondary N) is 1. The number of benzene rings is 2. The van der Waals surface area contributed by atoms with E-state index in [1.54, 1.807) is 0 Å². The van der Waals surface area contributed by atoms with Crippen LogP contribution in [0.4, 0.5) is 0 Å². The van der Waals surface area contributed by atoms with Gasteiger partial charge in [0, 0.05) is 10.9 Å². The van der Waals surface area contributed by atoms with Crippen LogP contribution in [0.3, 0.4) is 0 Å². The van der Waals surface area contributed by atoms with Crippen molar-refractivity contribution in [3.63, 3.8) is 0 Å². The lowest BCUT2D eigenvalue weighted by Crippen LogP contribution is -2.10. The number of aromatic amines is 1. The number of aromatic nitrogens is 1. The molecular formula is C22H25NO2. The molecule has 0 aliphatic heterocycles. The van der Waals surface area contributed by atoms with Crippen LogP contribution in [0, 0.1) is 0 Å². The zero-order valence-corrected chi connectivity index (χ0v) is 15.3. The average Bonchev–Trinajstić information content (AvgIpc) is 2.91. The molecule has 0 spiro atoms. The van der Waals surface area contributed by atoms with Crippen molar-refractivity contribution in [2.75, 3.05) is 0 Å². The Labute approximate surface area is 148 Å². The van der Waals surface area contributed by atoms with Crippen LogP contribution in [0.5, 0.6) is 0 Å². The molecule has 0 aliphatic carbocycles. The van der Waals surface area contributed by atoms with E-state index in [9.17, 15) is 9.90 Å². The first kappa shape index (κ1) is 17.3.